The van der Waals surface area contributed by atoms with Gasteiger partial charge < -0.3 is 36.1 Å². The van der Waals surface area contributed by atoms with Crippen molar-refractivity contribution in [3.8, 4) is 0 Å². The van der Waals surface area contributed by atoms with Crippen LogP contribution in [0.15, 0.2) is 0 Å². The molecule has 0 spiro atoms. The Balaban J connectivity index is 1.59. The molecule has 0 amide bonds. The average Bonchev–Trinajstić information content (AvgIpc) is 3.31. The summed E-state index contributed by atoms with van der Waals surface area (Å²) in [6, 6.07) is 0. The van der Waals surface area contributed by atoms with Crippen LogP contribution in [0.25, 0.3) is 0 Å². The molecule has 6 N–H and O–H groups in total. The van der Waals surface area contributed by atoms with Crippen molar-refractivity contribution in [2.75, 3.05) is 52.7 Å². The van der Waals surface area contributed by atoms with E-state index in [0.29, 0.717) is 86.5 Å². The maximum absolute atomic E-state index is 6.80. The van der Waals surface area contributed by atoms with Crippen LogP contribution < -0.4 is 17.2 Å². The molecular formula is C33H63N3O4. The molecule has 4 rings (SSSR count). The number of ether oxygens (including phenoxy) is 4. The van der Waals surface area contributed by atoms with Gasteiger partial charge >= 0.3 is 0 Å². The van der Waals surface area contributed by atoms with Crippen molar-refractivity contribution in [1.82, 2.24) is 0 Å². The van der Waals surface area contributed by atoms with Crippen LogP contribution in [0.4, 0.5) is 0 Å². The molecule has 234 valence electrons. The molecule has 11 atom stereocenters. The van der Waals surface area contributed by atoms with Gasteiger partial charge in [-0.2, -0.15) is 0 Å². The van der Waals surface area contributed by atoms with Gasteiger partial charge in [0.2, 0.25) is 0 Å². The van der Waals surface area contributed by atoms with Gasteiger partial charge in [-0.05, 0) is 105 Å². The summed E-state index contributed by atoms with van der Waals surface area (Å²) in [5.41, 5.74) is 18.2. The third kappa shape index (κ3) is 6.61. The molecule has 4 unspecified atom stereocenters. The second-order valence-corrected chi connectivity index (χ2v) is 14.1. The van der Waals surface area contributed by atoms with Crippen molar-refractivity contribution in [2.45, 2.75) is 110 Å². The molecule has 0 heterocycles. The number of nitrogens with two attached hydrogens (primary N) is 3. The number of hydrogen-bond acceptors (Lipinski definition) is 7. The Morgan fingerprint density at radius 1 is 0.800 bits per heavy atom. The van der Waals surface area contributed by atoms with Crippen molar-refractivity contribution in [3.05, 3.63) is 0 Å². The zero-order chi connectivity index (χ0) is 28.8. The van der Waals surface area contributed by atoms with E-state index in [1.807, 2.05) is 0 Å². The zero-order valence-electron chi connectivity index (χ0n) is 26.3. The van der Waals surface area contributed by atoms with Crippen LogP contribution in [-0.2, 0) is 18.9 Å². The van der Waals surface area contributed by atoms with Crippen LogP contribution in [0.3, 0.4) is 0 Å². The van der Waals surface area contributed by atoms with E-state index in [2.05, 4.69) is 27.7 Å². The summed E-state index contributed by atoms with van der Waals surface area (Å²) in [6.07, 6.45) is 12.7. The van der Waals surface area contributed by atoms with Gasteiger partial charge in [0.25, 0.3) is 0 Å². The average molecular weight is 566 g/mol. The first-order valence-electron chi connectivity index (χ1n) is 16.9. The van der Waals surface area contributed by atoms with Crippen LogP contribution >= 0.6 is 0 Å². The van der Waals surface area contributed by atoms with Crippen LogP contribution in [0, 0.1) is 46.3 Å². The standard InChI is InChI=1S/C33H63N3O4/c1-5-15-37-16-6-7-23(2)26-8-9-27-31-28(22-30(33(26,27)4)40-19-14-36)32(3)11-10-25(38-17-12-34)20-24(32)21-29(31)39-18-13-35/h23-31H,5-22,34-36H2,1-4H3/t23-,24?,25-,26-,27+,28+,29-,30+,31?,32?,33?/m1/s1. The highest BCUT2D eigenvalue weighted by molar-refractivity contribution is 5.15. The minimum Gasteiger partial charge on any atom is -0.381 e. The molecule has 0 aromatic heterocycles. The Kier molecular flexibility index (Phi) is 12.2. The van der Waals surface area contributed by atoms with Crippen LogP contribution in [-0.4, -0.2) is 71.0 Å². The molecule has 4 aliphatic rings. The summed E-state index contributed by atoms with van der Waals surface area (Å²) >= 11 is 0. The fraction of sp³-hybridized carbons (Fsp3) is 1.00. The van der Waals surface area contributed by atoms with Gasteiger partial charge in [0, 0.05) is 38.3 Å². The van der Waals surface area contributed by atoms with E-state index < -0.39 is 0 Å². The Labute approximate surface area is 245 Å². The third-order valence-corrected chi connectivity index (χ3v) is 12.1. The van der Waals surface area contributed by atoms with Crippen LogP contribution in [0.1, 0.15) is 91.9 Å². The number of fused-ring (bicyclic) bond motifs is 5. The van der Waals surface area contributed by atoms with E-state index in [0.717, 1.165) is 51.7 Å². The Bertz CT molecular complexity index is 757. The molecule has 7 heteroatoms. The Morgan fingerprint density at radius 2 is 1.52 bits per heavy atom. The first kappa shape index (κ1) is 32.6. The molecule has 4 saturated carbocycles. The van der Waals surface area contributed by atoms with Gasteiger partial charge in [-0.1, -0.05) is 27.7 Å². The summed E-state index contributed by atoms with van der Waals surface area (Å²) in [7, 11) is 0. The fourth-order valence-electron chi connectivity index (χ4n) is 10.3. The minimum absolute atomic E-state index is 0.148. The lowest BCUT2D eigenvalue weighted by molar-refractivity contribution is -0.226. The van der Waals surface area contributed by atoms with Crippen molar-refractivity contribution < 1.29 is 18.9 Å². The maximum atomic E-state index is 6.80. The van der Waals surface area contributed by atoms with E-state index in [-0.39, 0.29) is 17.6 Å². The molecular weight excluding hydrogens is 502 g/mol. The molecule has 0 aromatic carbocycles. The smallest absolute Gasteiger partial charge is 0.0637 e. The lowest BCUT2D eigenvalue weighted by Gasteiger charge is -2.64. The minimum atomic E-state index is 0.148. The van der Waals surface area contributed by atoms with Gasteiger partial charge in [-0.15, -0.1) is 0 Å². The van der Waals surface area contributed by atoms with Crippen LogP contribution in [0.5, 0.6) is 0 Å². The molecule has 4 aliphatic carbocycles. The highest BCUT2D eigenvalue weighted by Crippen LogP contribution is 2.69. The topological polar surface area (TPSA) is 115 Å². The predicted molar refractivity (Wildman–Crippen MR) is 162 cm³/mol. The van der Waals surface area contributed by atoms with E-state index in [1.165, 1.54) is 25.7 Å². The maximum Gasteiger partial charge on any atom is 0.0637 e. The SMILES string of the molecule is CCCOCCC[C@@H](C)[C@H]1CC[C@H]2C3[C@H](OCCN)CC4C[C@H](OCCN)CCC4(C)[C@H]3C[C@H](OCCN)C12C. The number of rotatable bonds is 16. The zero-order valence-corrected chi connectivity index (χ0v) is 26.3. The van der Waals surface area contributed by atoms with Gasteiger partial charge in [0.15, 0.2) is 0 Å². The fourth-order valence-corrected chi connectivity index (χ4v) is 10.3. The van der Waals surface area contributed by atoms with Crippen molar-refractivity contribution in [3.63, 3.8) is 0 Å². The Morgan fingerprint density at radius 3 is 2.25 bits per heavy atom. The van der Waals surface area contributed by atoms with E-state index in [4.69, 9.17) is 36.1 Å². The highest BCUT2D eigenvalue weighted by Gasteiger charge is 2.66. The lowest BCUT2D eigenvalue weighted by Crippen LogP contribution is -2.63. The molecule has 0 saturated heterocycles. The van der Waals surface area contributed by atoms with E-state index in [1.54, 1.807) is 0 Å². The number of hydrogen-bond donors (Lipinski definition) is 3. The third-order valence-electron chi connectivity index (χ3n) is 12.1. The first-order valence-corrected chi connectivity index (χ1v) is 16.9. The molecule has 0 aliphatic heterocycles. The van der Waals surface area contributed by atoms with E-state index >= 15 is 0 Å². The molecule has 40 heavy (non-hydrogen) atoms. The molecule has 0 radical (unpaired) electrons. The lowest BCUT2D eigenvalue weighted by atomic mass is 9.43. The second-order valence-electron chi connectivity index (χ2n) is 14.1. The van der Waals surface area contributed by atoms with Gasteiger partial charge in [0.1, 0.15) is 0 Å². The second kappa shape index (κ2) is 14.9. The van der Waals surface area contributed by atoms with Crippen LogP contribution in [0.2, 0.25) is 0 Å². The molecule has 0 bridgehead atoms. The normalized spacial score (nSPS) is 41.8. The summed E-state index contributed by atoms with van der Waals surface area (Å²) in [5, 5.41) is 0. The summed E-state index contributed by atoms with van der Waals surface area (Å²) in [4.78, 5) is 0. The summed E-state index contributed by atoms with van der Waals surface area (Å²) < 4.78 is 25.6. The van der Waals surface area contributed by atoms with Gasteiger partial charge in [0.05, 0.1) is 38.1 Å². The van der Waals surface area contributed by atoms with Crippen molar-refractivity contribution in [2.24, 2.45) is 63.5 Å². The largest absolute Gasteiger partial charge is 0.381 e. The Hall–Kier alpha value is -0.280. The molecule has 0 aromatic rings. The predicted octanol–water partition coefficient (Wildman–Crippen LogP) is 4.74. The van der Waals surface area contributed by atoms with Gasteiger partial charge in [-0.3, -0.25) is 0 Å². The molecule has 7 nitrogen and oxygen atoms in total. The van der Waals surface area contributed by atoms with E-state index in [9.17, 15) is 0 Å². The van der Waals surface area contributed by atoms with Crippen molar-refractivity contribution in [1.29, 1.82) is 0 Å². The van der Waals surface area contributed by atoms with Gasteiger partial charge in [-0.25, -0.2) is 0 Å². The van der Waals surface area contributed by atoms with Crippen molar-refractivity contribution >= 4 is 0 Å². The summed E-state index contributed by atoms with van der Waals surface area (Å²) in [5.74, 6) is 3.71. The first-order chi connectivity index (χ1) is 19.3. The monoisotopic (exact) mass is 565 g/mol. The molecule has 4 fully saturated rings. The quantitative estimate of drug-likeness (QED) is 0.232. The highest BCUT2D eigenvalue weighted by atomic mass is 16.5. The summed E-state index contributed by atoms with van der Waals surface area (Å²) in [6.45, 7) is 15.3.